The van der Waals surface area contributed by atoms with E-state index in [9.17, 15) is 19.5 Å². The van der Waals surface area contributed by atoms with E-state index < -0.39 is 41.7 Å². The van der Waals surface area contributed by atoms with Gasteiger partial charge in [-0.3, -0.25) is 19.7 Å². The minimum Gasteiger partial charge on any atom is -0.497 e. The van der Waals surface area contributed by atoms with Gasteiger partial charge in [0.1, 0.15) is 17.5 Å². The first-order valence-corrected chi connectivity index (χ1v) is 9.95. The predicted octanol–water partition coefficient (Wildman–Crippen LogP) is 2.22. The molecule has 0 aromatic heterocycles. The minimum absolute atomic E-state index is 0.411. The van der Waals surface area contributed by atoms with E-state index >= 15 is 0 Å². The van der Waals surface area contributed by atoms with E-state index in [0.29, 0.717) is 22.7 Å². The molecule has 4 atom stereocenters. The van der Waals surface area contributed by atoms with E-state index in [0.717, 1.165) is 11.1 Å². The van der Waals surface area contributed by atoms with Crippen LogP contribution in [0.3, 0.4) is 0 Å². The van der Waals surface area contributed by atoms with Gasteiger partial charge in [0.25, 0.3) is 0 Å². The van der Waals surface area contributed by atoms with Crippen molar-refractivity contribution >= 4 is 23.5 Å². The summed E-state index contributed by atoms with van der Waals surface area (Å²) >= 11 is 0. The molecule has 2 fully saturated rings. The van der Waals surface area contributed by atoms with Gasteiger partial charge in [0, 0.05) is 17.7 Å². The Morgan fingerprint density at radius 3 is 2.23 bits per heavy atom. The molecule has 2 saturated heterocycles. The van der Waals surface area contributed by atoms with Crippen molar-refractivity contribution in [1.82, 2.24) is 5.32 Å². The smallest absolute Gasteiger partial charge is 0.321 e. The molecular formula is C23H24N2O6. The van der Waals surface area contributed by atoms with Crippen LogP contribution in [0.1, 0.15) is 22.7 Å². The predicted molar refractivity (Wildman–Crippen MR) is 112 cm³/mol. The summed E-state index contributed by atoms with van der Waals surface area (Å²) in [5.41, 5.74) is 2.68. The molecule has 2 aromatic rings. The average molecular weight is 424 g/mol. The second-order valence-electron chi connectivity index (χ2n) is 7.87. The number of carbonyl (C=O) groups excluding carboxylic acids is 2. The number of ether oxygens (including phenoxy) is 2. The standard InChI is InChI=1S/C23H24N2O6/c1-11-6-5-7-12(2)20(11)25-21(26)16-17(22(25)27)19(23(28)29)24-18(16)14-9-8-13(30-3)10-15(14)31-4/h5-10,16-19,24H,1-4H3,(H,28,29). The number of para-hydroxylation sites is 1. The molecular weight excluding hydrogens is 400 g/mol. The summed E-state index contributed by atoms with van der Waals surface area (Å²) in [5, 5.41) is 12.8. The van der Waals surface area contributed by atoms with Gasteiger partial charge in [-0.25, -0.2) is 4.90 Å². The molecule has 162 valence electrons. The monoisotopic (exact) mass is 424 g/mol. The molecule has 0 aliphatic carbocycles. The largest absolute Gasteiger partial charge is 0.497 e. The number of nitrogens with zero attached hydrogens (tertiary/aromatic N) is 1. The lowest BCUT2D eigenvalue weighted by Gasteiger charge is -2.24. The first-order chi connectivity index (χ1) is 14.8. The van der Waals surface area contributed by atoms with Gasteiger partial charge in [-0.05, 0) is 31.0 Å². The third-order valence-corrected chi connectivity index (χ3v) is 6.18. The van der Waals surface area contributed by atoms with E-state index in [4.69, 9.17) is 9.47 Å². The summed E-state index contributed by atoms with van der Waals surface area (Å²) in [6.07, 6.45) is 0. The third kappa shape index (κ3) is 3.14. The van der Waals surface area contributed by atoms with E-state index in [2.05, 4.69) is 5.32 Å². The lowest BCUT2D eigenvalue weighted by molar-refractivity contribution is -0.142. The van der Waals surface area contributed by atoms with Crippen LogP contribution in [-0.4, -0.2) is 43.2 Å². The van der Waals surface area contributed by atoms with Crippen LogP contribution in [0.2, 0.25) is 0 Å². The summed E-state index contributed by atoms with van der Waals surface area (Å²) in [6.45, 7) is 3.65. The zero-order valence-electron chi connectivity index (χ0n) is 17.7. The molecule has 2 aliphatic heterocycles. The number of amides is 2. The van der Waals surface area contributed by atoms with E-state index in [1.54, 1.807) is 18.2 Å². The van der Waals surface area contributed by atoms with Crippen molar-refractivity contribution in [1.29, 1.82) is 0 Å². The summed E-state index contributed by atoms with van der Waals surface area (Å²) in [5.74, 6) is -2.94. The number of anilines is 1. The van der Waals surface area contributed by atoms with Crippen molar-refractivity contribution in [3.63, 3.8) is 0 Å². The minimum atomic E-state index is -1.19. The van der Waals surface area contributed by atoms with E-state index in [-0.39, 0.29) is 0 Å². The van der Waals surface area contributed by atoms with E-state index in [1.165, 1.54) is 19.1 Å². The number of carboxylic acids is 1. The fourth-order valence-electron chi connectivity index (χ4n) is 4.78. The van der Waals surface area contributed by atoms with Crippen molar-refractivity contribution in [3.8, 4) is 11.5 Å². The molecule has 2 amide bonds. The first kappa shape index (κ1) is 20.9. The van der Waals surface area contributed by atoms with Crippen molar-refractivity contribution < 1.29 is 29.0 Å². The zero-order chi connectivity index (χ0) is 22.4. The zero-order valence-corrected chi connectivity index (χ0v) is 17.7. The number of hydrogen-bond donors (Lipinski definition) is 2. The highest BCUT2D eigenvalue weighted by molar-refractivity contribution is 6.24. The number of carboxylic acid groups (broad SMARTS) is 1. The molecule has 8 nitrogen and oxygen atoms in total. The maximum absolute atomic E-state index is 13.6. The van der Waals surface area contributed by atoms with Gasteiger partial charge in [0.05, 0.1) is 31.7 Å². The lowest BCUT2D eigenvalue weighted by Crippen LogP contribution is -2.43. The van der Waals surface area contributed by atoms with Gasteiger partial charge < -0.3 is 14.6 Å². The number of nitrogens with one attached hydrogen (secondary N) is 1. The molecule has 0 bridgehead atoms. The molecule has 4 rings (SSSR count). The quantitative estimate of drug-likeness (QED) is 0.709. The summed E-state index contributed by atoms with van der Waals surface area (Å²) in [7, 11) is 3.02. The molecule has 4 unspecified atom stereocenters. The Hall–Kier alpha value is -3.39. The number of fused-ring (bicyclic) bond motifs is 1. The Morgan fingerprint density at radius 2 is 1.65 bits per heavy atom. The SMILES string of the molecule is COc1ccc(C2NC(C(=O)O)C3C(=O)N(c4c(C)cccc4C)C(=O)C23)c(OC)c1. The summed E-state index contributed by atoms with van der Waals surface area (Å²) in [4.78, 5) is 40.2. The summed E-state index contributed by atoms with van der Waals surface area (Å²) in [6, 6.07) is 8.74. The highest BCUT2D eigenvalue weighted by Gasteiger charge is 2.62. The number of benzene rings is 2. The number of aryl methyl sites for hydroxylation is 2. The van der Waals surface area contributed by atoms with Crippen molar-refractivity contribution in [2.45, 2.75) is 25.9 Å². The van der Waals surface area contributed by atoms with Crippen LogP contribution < -0.4 is 19.7 Å². The van der Waals surface area contributed by atoms with Gasteiger partial charge in [-0.2, -0.15) is 0 Å². The lowest BCUT2D eigenvalue weighted by atomic mass is 9.86. The fraction of sp³-hybridized carbons (Fsp3) is 0.348. The van der Waals surface area contributed by atoms with Crippen LogP contribution in [0.15, 0.2) is 36.4 Å². The Morgan fingerprint density at radius 1 is 1.00 bits per heavy atom. The normalized spacial score (nSPS) is 25.0. The number of methoxy groups -OCH3 is 2. The molecule has 2 aromatic carbocycles. The van der Waals surface area contributed by atoms with Crippen LogP contribution in [0, 0.1) is 25.7 Å². The number of aliphatic carboxylic acids is 1. The highest BCUT2D eigenvalue weighted by atomic mass is 16.5. The van der Waals surface area contributed by atoms with Gasteiger partial charge in [-0.15, -0.1) is 0 Å². The van der Waals surface area contributed by atoms with E-state index in [1.807, 2.05) is 32.0 Å². The average Bonchev–Trinajstić information content (AvgIpc) is 3.26. The van der Waals surface area contributed by atoms with Gasteiger partial charge in [0.2, 0.25) is 11.8 Å². The van der Waals surface area contributed by atoms with Crippen molar-refractivity contribution in [3.05, 3.63) is 53.1 Å². The number of rotatable bonds is 5. The molecule has 0 saturated carbocycles. The Balaban J connectivity index is 1.83. The molecule has 31 heavy (non-hydrogen) atoms. The molecule has 0 radical (unpaired) electrons. The van der Waals surface area contributed by atoms with Gasteiger partial charge in [0.15, 0.2) is 0 Å². The van der Waals surface area contributed by atoms with Crippen molar-refractivity contribution in [2.24, 2.45) is 11.8 Å². The molecule has 0 spiro atoms. The Bertz CT molecular complexity index is 1060. The molecule has 2 heterocycles. The van der Waals surface area contributed by atoms with Crippen LogP contribution in [0.25, 0.3) is 0 Å². The highest BCUT2D eigenvalue weighted by Crippen LogP contribution is 2.48. The van der Waals surface area contributed by atoms with Crippen LogP contribution >= 0.6 is 0 Å². The molecule has 2 N–H and O–H groups in total. The van der Waals surface area contributed by atoms with Gasteiger partial charge in [-0.1, -0.05) is 24.3 Å². The molecule has 2 aliphatic rings. The second-order valence-corrected chi connectivity index (χ2v) is 7.87. The number of imide groups is 1. The van der Waals surface area contributed by atoms with Gasteiger partial charge >= 0.3 is 5.97 Å². The van der Waals surface area contributed by atoms with Crippen LogP contribution in [0.5, 0.6) is 11.5 Å². The first-order valence-electron chi connectivity index (χ1n) is 9.95. The van der Waals surface area contributed by atoms with Crippen molar-refractivity contribution in [2.75, 3.05) is 19.1 Å². The maximum Gasteiger partial charge on any atom is 0.321 e. The fourth-order valence-corrected chi connectivity index (χ4v) is 4.78. The molecule has 8 heteroatoms. The van der Waals surface area contributed by atoms with Crippen LogP contribution in [0.4, 0.5) is 5.69 Å². The number of carbonyl (C=O) groups is 3. The Kier molecular flexibility index (Phi) is 5.18. The maximum atomic E-state index is 13.6. The Labute approximate surface area is 179 Å². The van der Waals surface area contributed by atoms with Crippen LogP contribution in [-0.2, 0) is 14.4 Å². The number of hydrogen-bond acceptors (Lipinski definition) is 6. The third-order valence-electron chi connectivity index (χ3n) is 6.18. The topological polar surface area (TPSA) is 105 Å². The summed E-state index contributed by atoms with van der Waals surface area (Å²) < 4.78 is 10.7. The second kappa shape index (κ2) is 7.70.